The zero-order chi connectivity index (χ0) is 15.2. The van der Waals surface area contributed by atoms with Gasteiger partial charge in [0.1, 0.15) is 12.1 Å². The van der Waals surface area contributed by atoms with Gasteiger partial charge in [0.2, 0.25) is 5.91 Å². The van der Waals surface area contributed by atoms with E-state index in [9.17, 15) is 19.2 Å². The first-order valence-corrected chi connectivity index (χ1v) is 7.35. The number of hydrogen-bond acceptors (Lipinski definition) is 5. The van der Waals surface area contributed by atoms with Crippen LogP contribution in [0.3, 0.4) is 0 Å². The zero-order valence-electron chi connectivity index (χ0n) is 11.3. The van der Waals surface area contributed by atoms with Crippen LogP contribution in [0.25, 0.3) is 0 Å². The molecule has 1 unspecified atom stereocenters. The number of hydrogen-bond donors (Lipinski definition) is 2. The molecule has 1 atom stereocenters. The highest BCUT2D eigenvalue weighted by Crippen LogP contribution is 2.24. The van der Waals surface area contributed by atoms with Crippen molar-refractivity contribution >= 4 is 29.2 Å². The molecule has 1 spiro atoms. The normalized spacial score (nSPS) is 24.5. The van der Waals surface area contributed by atoms with Crippen LogP contribution in [0.4, 0.5) is 4.79 Å². The molecular weight excluding hydrogens is 296 g/mol. The number of imide groups is 1. The van der Waals surface area contributed by atoms with Crippen LogP contribution in [0.5, 0.6) is 0 Å². The first kappa shape index (κ1) is 13.8. The van der Waals surface area contributed by atoms with Gasteiger partial charge in [0.05, 0.1) is 6.54 Å². The summed E-state index contributed by atoms with van der Waals surface area (Å²) in [5.41, 5.74) is -0.277. The van der Waals surface area contributed by atoms with Crippen molar-refractivity contribution in [1.29, 1.82) is 0 Å². The number of likely N-dealkylation sites (tertiary alicyclic amines) is 1. The molecule has 3 heterocycles. The zero-order valence-corrected chi connectivity index (χ0v) is 12.2. The smallest absolute Gasteiger partial charge is 0.322 e. The van der Waals surface area contributed by atoms with Gasteiger partial charge in [-0.3, -0.25) is 24.3 Å². The van der Waals surface area contributed by atoms with E-state index in [4.69, 9.17) is 0 Å². The molecule has 21 heavy (non-hydrogen) atoms. The summed E-state index contributed by atoms with van der Waals surface area (Å²) >= 11 is 1.05. The van der Waals surface area contributed by atoms with Crippen molar-refractivity contribution in [2.24, 2.45) is 0 Å². The topological polar surface area (TPSA) is 101 Å². The quantitative estimate of drug-likeness (QED) is 0.686. The third-order valence-corrected chi connectivity index (χ3v) is 4.79. The second kappa shape index (κ2) is 4.69. The van der Waals surface area contributed by atoms with Gasteiger partial charge < -0.3 is 10.2 Å². The van der Waals surface area contributed by atoms with E-state index in [1.807, 2.05) is 0 Å². The fourth-order valence-corrected chi connectivity index (χ4v) is 3.40. The molecule has 4 amide bonds. The summed E-state index contributed by atoms with van der Waals surface area (Å²) in [7, 11) is 0. The lowest BCUT2D eigenvalue weighted by Gasteiger charge is -2.21. The molecule has 0 bridgehead atoms. The van der Waals surface area contributed by atoms with Gasteiger partial charge in [0, 0.05) is 17.6 Å². The predicted molar refractivity (Wildman–Crippen MR) is 73.9 cm³/mol. The van der Waals surface area contributed by atoms with E-state index in [0.29, 0.717) is 13.0 Å². The van der Waals surface area contributed by atoms with E-state index in [2.05, 4.69) is 10.6 Å². The monoisotopic (exact) mass is 310 g/mol. The molecule has 2 aliphatic rings. The molecule has 1 aromatic rings. The molecule has 1 aromatic heterocycles. The van der Waals surface area contributed by atoms with E-state index in [1.165, 1.54) is 9.47 Å². The molecule has 2 N–H and O–H groups in total. The molecule has 8 nitrogen and oxygen atoms in total. The maximum absolute atomic E-state index is 12.3. The van der Waals surface area contributed by atoms with E-state index >= 15 is 0 Å². The Labute approximate surface area is 123 Å². The molecule has 2 aliphatic heterocycles. The summed E-state index contributed by atoms with van der Waals surface area (Å²) in [6.07, 6.45) is 0.383. The van der Waals surface area contributed by atoms with Gasteiger partial charge in [-0.1, -0.05) is 11.3 Å². The van der Waals surface area contributed by atoms with Gasteiger partial charge in [-0.2, -0.15) is 0 Å². The highest BCUT2D eigenvalue weighted by molar-refractivity contribution is 7.07. The summed E-state index contributed by atoms with van der Waals surface area (Å²) in [5, 5.41) is 6.48. The standard InChI is InChI=1S/C12H14N4O4S/c1-7-5-21-11(20)16(7)4-8(17)15-3-2-12(6-15)9(18)13-10(19)14-12/h5H,2-4,6H2,1H3,(H2,13,14,18,19). The Morgan fingerprint density at radius 2 is 2.19 bits per heavy atom. The second-order valence-corrected chi connectivity index (χ2v) is 6.11. The van der Waals surface area contributed by atoms with Gasteiger partial charge in [-0.05, 0) is 13.3 Å². The van der Waals surface area contributed by atoms with E-state index in [1.54, 1.807) is 12.3 Å². The number of carbonyl (C=O) groups excluding carboxylic acids is 3. The number of thiazole rings is 1. The van der Waals surface area contributed by atoms with E-state index in [-0.39, 0.29) is 23.9 Å². The Hall–Kier alpha value is -2.16. The second-order valence-electron chi connectivity index (χ2n) is 5.28. The van der Waals surface area contributed by atoms with Gasteiger partial charge in [-0.15, -0.1) is 0 Å². The maximum Gasteiger partial charge on any atom is 0.322 e. The SMILES string of the molecule is Cc1csc(=O)n1CC(=O)N1CCC2(C1)NC(=O)NC2=O. The van der Waals surface area contributed by atoms with E-state index < -0.39 is 17.5 Å². The minimum absolute atomic E-state index is 0.0419. The first-order chi connectivity index (χ1) is 9.91. The lowest BCUT2D eigenvalue weighted by Crippen LogP contribution is -2.50. The number of carbonyl (C=O) groups is 3. The molecule has 0 saturated carbocycles. The molecule has 9 heteroatoms. The van der Waals surface area contributed by atoms with Crippen LogP contribution in [0, 0.1) is 6.92 Å². The average Bonchev–Trinajstić information content (AvgIpc) is 3.06. The van der Waals surface area contributed by atoms with Crippen LogP contribution in [-0.4, -0.2) is 45.9 Å². The molecule has 112 valence electrons. The number of nitrogens with one attached hydrogen (secondary N) is 2. The lowest BCUT2D eigenvalue weighted by molar-refractivity contribution is -0.131. The van der Waals surface area contributed by atoms with Gasteiger partial charge >= 0.3 is 10.9 Å². The van der Waals surface area contributed by atoms with Gasteiger partial charge in [0.15, 0.2) is 0 Å². The Morgan fingerprint density at radius 3 is 2.76 bits per heavy atom. The molecule has 0 aromatic carbocycles. The summed E-state index contributed by atoms with van der Waals surface area (Å²) < 4.78 is 1.41. The Kier molecular flexibility index (Phi) is 3.08. The summed E-state index contributed by atoms with van der Waals surface area (Å²) in [6, 6.07) is -0.529. The third-order valence-electron chi connectivity index (χ3n) is 3.91. The summed E-state index contributed by atoms with van der Waals surface area (Å²) in [5.74, 6) is -0.629. The van der Waals surface area contributed by atoms with Crippen molar-refractivity contribution in [3.8, 4) is 0 Å². The van der Waals surface area contributed by atoms with Crippen molar-refractivity contribution in [3.63, 3.8) is 0 Å². The summed E-state index contributed by atoms with van der Waals surface area (Å²) in [6.45, 7) is 2.24. The Bertz CT molecular complexity index is 694. The van der Waals surface area contributed by atoms with Crippen LogP contribution in [0.1, 0.15) is 12.1 Å². The lowest BCUT2D eigenvalue weighted by atomic mass is 10.00. The van der Waals surface area contributed by atoms with Crippen molar-refractivity contribution in [2.75, 3.05) is 13.1 Å². The predicted octanol–water partition coefficient (Wildman–Crippen LogP) is -0.971. The number of aromatic nitrogens is 1. The minimum Gasteiger partial charge on any atom is -0.338 e. The van der Waals surface area contributed by atoms with Crippen molar-refractivity contribution in [2.45, 2.75) is 25.4 Å². The number of rotatable bonds is 2. The van der Waals surface area contributed by atoms with Crippen LogP contribution >= 0.6 is 11.3 Å². The van der Waals surface area contributed by atoms with E-state index in [0.717, 1.165) is 17.0 Å². The summed E-state index contributed by atoms with van der Waals surface area (Å²) in [4.78, 5) is 48.3. The van der Waals surface area contributed by atoms with Crippen molar-refractivity contribution < 1.29 is 14.4 Å². The largest absolute Gasteiger partial charge is 0.338 e. The fourth-order valence-electron chi connectivity index (χ4n) is 2.67. The molecule has 3 rings (SSSR count). The molecule has 0 radical (unpaired) electrons. The Morgan fingerprint density at radius 1 is 1.43 bits per heavy atom. The molecule has 2 fully saturated rings. The first-order valence-electron chi connectivity index (χ1n) is 6.48. The van der Waals surface area contributed by atoms with Crippen molar-refractivity contribution in [1.82, 2.24) is 20.1 Å². The highest BCUT2D eigenvalue weighted by atomic mass is 32.1. The van der Waals surface area contributed by atoms with Gasteiger partial charge in [0.25, 0.3) is 5.91 Å². The highest BCUT2D eigenvalue weighted by Gasteiger charge is 2.51. The number of amides is 4. The molecular formula is C12H14N4O4S. The Balaban J connectivity index is 1.72. The van der Waals surface area contributed by atoms with Crippen LogP contribution < -0.4 is 15.5 Å². The van der Waals surface area contributed by atoms with Crippen molar-refractivity contribution in [3.05, 3.63) is 20.7 Å². The maximum atomic E-state index is 12.3. The minimum atomic E-state index is -1.01. The van der Waals surface area contributed by atoms with Crippen LogP contribution in [0.15, 0.2) is 10.2 Å². The number of aryl methyl sites for hydroxylation is 1. The third kappa shape index (κ3) is 2.23. The molecule has 2 saturated heterocycles. The van der Waals surface area contributed by atoms with Crippen LogP contribution in [-0.2, 0) is 16.1 Å². The number of nitrogens with zero attached hydrogens (tertiary/aromatic N) is 2. The average molecular weight is 310 g/mol. The van der Waals surface area contributed by atoms with Crippen LogP contribution in [0.2, 0.25) is 0 Å². The van der Waals surface area contributed by atoms with Gasteiger partial charge in [-0.25, -0.2) is 4.79 Å². The fraction of sp³-hybridized carbons (Fsp3) is 0.500. The number of urea groups is 1. The molecule has 0 aliphatic carbocycles.